The molecule has 1 saturated heterocycles. The number of amides is 1. The molecule has 2 aromatic rings. The summed E-state index contributed by atoms with van der Waals surface area (Å²) in [5.41, 5.74) is 1.81. The van der Waals surface area contributed by atoms with Gasteiger partial charge in [-0.2, -0.15) is 0 Å². The van der Waals surface area contributed by atoms with Gasteiger partial charge in [0.25, 0.3) is 0 Å². The minimum Gasteiger partial charge on any atom is -0.497 e. The van der Waals surface area contributed by atoms with Gasteiger partial charge in [0.15, 0.2) is 0 Å². The Balaban J connectivity index is 1.49. The fourth-order valence-electron chi connectivity index (χ4n) is 2.94. The predicted octanol–water partition coefficient (Wildman–Crippen LogP) is 3.87. The number of nitrogens with one attached hydrogen (secondary N) is 1. The third-order valence-electron chi connectivity index (χ3n) is 4.38. The van der Waals surface area contributed by atoms with E-state index in [-0.39, 0.29) is 5.91 Å². The van der Waals surface area contributed by atoms with E-state index in [9.17, 15) is 4.79 Å². The zero-order valence-corrected chi connectivity index (χ0v) is 16.9. The molecule has 0 saturated carbocycles. The third kappa shape index (κ3) is 4.90. The van der Waals surface area contributed by atoms with E-state index in [4.69, 9.17) is 16.3 Å². The van der Waals surface area contributed by atoms with Crippen LogP contribution in [0.15, 0.2) is 46.9 Å². The molecule has 1 N–H and O–H groups in total. The highest BCUT2D eigenvalue weighted by Gasteiger charge is 2.19. The van der Waals surface area contributed by atoms with E-state index in [0.29, 0.717) is 17.3 Å². The molecule has 7 heteroatoms. The van der Waals surface area contributed by atoms with Crippen LogP contribution >= 0.6 is 27.5 Å². The number of halogens is 2. The van der Waals surface area contributed by atoms with Gasteiger partial charge in [-0.15, -0.1) is 0 Å². The zero-order valence-electron chi connectivity index (χ0n) is 14.5. The monoisotopic (exact) mass is 437 g/mol. The standard InChI is InChI=1S/C19H21BrClN3O2/c1-26-16-5-3-15(4-6-16)24-10-8-23(9-11-24)13-19(25)22-18-7-2-14(20)12-17(18)21/h2-7,12H,8-11,13H2,1H3,(H,22,25). The summed E-state index contributed by atoms with van der Waals surface area (Å²) in [6.07, 6.45) is 0. The molecule has 0 unspecified atom stereocenters. The van der Waals surface area contributed by atoms with Crippen LogP contribution in [-0.4, -0.2) is 50.6 Å². The number of carbonyl (C=O) groups is 1. The van der Waals surface area contributed by atoms with Crippen molar-refractivity contribution in [2.45, 2.75) is 0 Å². The second-order valence-corrected chi connectivity index (χ2v) is 7.46. The molecule has 0 aromatic heterocycles. The van der Waals surface area contributed by atoms with Crippen molar-refractivity contribution in [1.82, 2.24) is 4.90 Å². The average molecular weight is 439 g/mol. The Morgan fingerprint density at radius 2 is 1.85 bits per heavy atom. The van der Waals surface area contributed by atoms with Crippen LogP contribution in [0.1, 0.15) is 0 Å². The molecule has 3 rings (SSSR count). The van der Waals surface area contributed by atoms with Gasteiger partial charge in [-0.05, 0) is 42.5 Å². The summed E-state index contributed by atoms with van der Waals surface area (Å²) >= 11 is 9.51. The van der Waals surface area contributed by atoms with E-state index in [1.807, 2.05) is 18.2 Å². The Morgan fingerprint density at radius 1 is 1.15 bits per heavy atom. The minimum absolute atomic E-state index is 0.0490. The zero-order chi connectivity index (χ0) is 18.5. The Hall–Kier alpha value is -1.76. The van der Waals surface area contributed by atoms with Crippen molar-refractivity contribution in [2.75, 3.05) is 50.1 Å². The molecule has 1 aliphatic heterocycles. The number of hydrogen-bond acceptors (Lipinski definition) is 4. The fraction of sp³-hybridized carbons (Fsp3) is 0.316. The minimum atomic E-state index is -0.0490. The van der Waals surface area contributed by atoms with Crippen molar-refractivity contribution in [3.05, 3.63) is 52.0 Å². The lowest BCUT2D eigenvalue weighted by atomic mass is 10.2. The smallest absolute Gasteiger partial charge is 0.238 e. The van der Waals surface area contributed by atoms with Crippen LogP contribution in [0.4, 0.5) is 11.4 Å². The first-order valence-electron chi connectivity index (χ1n) is 8.41. The molecule has 138 valence electrons. The van der Waals surface area contributed by atoms with E-state index < -0.39 is 0 Å². The summed E-state index contributed by atoms with van der Waals surface area (Å²) in [5, 5.41) is 3.40. The topological polar surface area (TPSA) is 44.8 Å². The Morgan fingerprint density at radius 3 is 2.46 bits per heavy atom. The second-order valence-electron chi connectivity index (χ2n) is 6.13. The summed E-state index contributed by atoms with van der Waals surface area (Å²) < 4.78 is 6.08. The number of nitrogens with zero attached hydrogens (tertiary/aromatic N) is 2. The van der Waals surface area contributed by atoms with Crippen LogP contribution in [0, 0.1) is 0 Å². The molecule has 0 radical (unpaired) electrons. The normalized spacial score (nSPS) is 15.0. The molecule has 5 nitrogen and oxygen atoms in total. The summed E-state index contributed by atoms with van der Waals surface area (Å²) in [4.78, 5) is 16.8. The van der Waals surface area contributed by atoms with Crippen molar-refractivity contribution in [3.63, 3.8) is 0 Å². The lowest BCUT2D eigenvalue weighted by Crippen LogP contribution is -2.48. The second kappa shape index (κ2) is 8.75. The van der Waals surface area contributed by atoms with Gasteiger partial charge in [-0.25, -0.2) is 0 Å². The van der Waals surface area contributed by atoms with Gasteiger partial charge in [0, 0.05) is 36.3 Å². The molecule has 1 fully saturated rings. The van der Waals surface area contributed by atoms with E-state index in [0.717, 1.165) is 36.4 Å². The lowest BCUT2D eigenvalue weighted by molar-refractivity contribution is -0.117. The van der Waals surface area contributed by atoms with Crippen molar-refractivity contribution >= 4 is 44.8 Å². The molecule has 1 amide bonds. The van der Waals surface area contributed by atoms with Gasteiger partial charge < -0.3 is 15.0 Å². The maximum Gasteiger partial charge on any atom is 0.238 e. The molecular formula is C19H21BrClN3O2. The first-order valence-corrected chi connectivity index (χ1v) is 9.58. The molecule has 0 atom stereocenters. The first kappa shape index (κ1) is 19.0. The van der Waals surface area contributed by atoms with Crippen LogP contribution in [0.3, 0.4) is 0 Å². The Bertz CT molecular complexity index is 762. The van der Waals surface area contributed by atoms with Crippen molar-refractivity contribution in [2.24, 2.45) is 0 Å². The molecule has 26 heavy (non-hydrogen) atoms. The molecule has 0 bridgehead atoms. The van der Waals surface area contributed by atoms with Crippen molar-refractivity contribution in [1.29, 1.82) is 0 Å². The highest BCUT2D eigenvalue weighted by Crippen LogP contribution is 2.25. The van der Waals surface area contributed by atoms with E-state index in [1.54, 1.807) is 19.2 Å². The van der Waals surface area contributed by atoms with E-state index >= 15 is 0 Å². The quantitative estimate of drug-likeness (QED) is 0.770. The summed E-state index contributed by atoms with van der Waals surface area (Å²) in [5.74, 6) is 0.808. The predicted molar refractivity (Wildman–Crippen MR) is 109 cm³/mol. The van der Waals surface area contributed by atoms with E-state index in [2.05, 4.69) is 43.2 Å². The van der Waals surface area contributed by atoms with Crippen LogP contribution < -0.4 is 15.0 Å². The van der Waals surface area contributed by atoms with Gasteiger partial charge in [0.1, 0.15) is 5.75 Å². The number of carbonyl (C=O) groups excluding carboxylic acids is 1. The fourth-order valence-corrected chi connectivity index (χ4v) is 3.66. The third-order valence-corrected chi connectivity index (χ3v) is 5.19. The summed E-state index contributed by atoms with van der Waals surface area (Å²) in [7, 11) is 1.67. The number of methoxy groups -OCH3 is 1. The largest absolute Gasteiger partial charge is 0.497 e. The van der Waals surface area contributed by atoms with Gasteiger partial charge >= 0.3 is 0 Å². The van der Waals surface area contributed by atoms with Crippen molar-refractivity contribution in [3.8, 4) is 5.75 Å². The number of anilines is 2. The van der Waals surface area contributed by atoms with Crippen LogP contribution in [-0.2, 0) is 4.79 Å². The van der Waals surface area contributed by atoms with Crippen LogP contribution in [0.25, 0.3) is 0 Å². The molecule has 1 aliphatic rings. The maximum absolute atomic E-state index is 12.3. The highest BCUT2D eigenvalue weighted by molar-refractivity contribution is 9.10. The lowest BCUT2D eigenvalue weighted by Gasteiger charge is -2.35. The number of hydrogen-bond donors (Lipinski definition) is 1. The maximum atomic E-state index is 12.3. The van der Waals surface area contributed by atoms with E-state index in [1.165, 1.54) is 5.69 Å². The molecule has 0 aliphatic carbocycles. The van der Waals surface area contributed by atoms with Crippen LogP contribution in [0.5, 0.6) is 5.75 Å². The van der Waals surface area contributed by atoms with Gasteiger partial charge in [-0.1, -0.05) is 27.5 Å². The van der Waals surface area contributed by atoms with Crippen LogP contribution in [0.2, 0.25) is 5.02 Å². The molecular weight excluding hydrogens is 418 g/mol. The Kier molecular flexibility index (Phi) is 6.40. The Labute approximate surface area is 167 Å². The summed E-state index contributed by atoms with van der Waals surface area (Å²) in [6.45, 7) is 3.82. The molecule has 2 aromatic carbocycles. The molecule has 1 heterocycles. The number of benzene rings is 2. The van der Waals surface area contributed by atoms with Gasteiger partial charge in [-0.3, -0.25) is 9.69 Å². The number of ether oxygens (including phenoxy) is 1. The average Bonchev–Trinajstić information content (AvgIpc) is 2.65. The highest BCUT2D eigenvalue weighted by atomic mass is 79.9. The van der Waals surface area contributed by atoms with Gasteiger partial charge in [0.05, 0.1) is 24.4 Å². The SMILES string of the molecule is COc1ccc(N2CCN(CC(=O)Nc3ccc(Br)cc3Cl)CC2)cc1. The van der Waals surface area contributed by atoms with Gasteiger partial charge in [0.2, 0.25) is 5.91 Å². The van der Waals surface area contributed by atoms with Crippen molar-refractivity contribution < 1.29 is 9.53 Å². The number of piperazine rings is 1. The first-order chi connectivity index (χ1) is 12.5. The number of rotatable bonds is 5. The summed E-state index contributed by atoms with van der Waals surface area (Å²) in [6, 6.07) is 13.5. The molecule has 0 spiro atoms.